The number of hydrogen-bond acceptors (Lipinski definition) is 5. The first-order valence-electron chi connectivity index (χ1n) is 7.18. The maximum atomic E-state index is 12.5. The zero-order chi connectivity index (χ0) is 18.0. The second kappa shape index (κ2) is 6.86. The molecule has 0 saturated carbocycles. The van der Waals surface area contributed by atoms with Crippen molar-refractivity contribution < 1.29 is 19.1 Å². The molecule has 7 heteroatoms. The van der Waals surface area contributed by atoms with Gasteiger partial charge in [0.15, 0.2) is 0 Å². The molecule has 0 unspecified atom stereocenters. The van der Waals surface area contributed by atoms with Crippen LogP contribution in [0.1, 0.15) is 47.2 Å². The Morgan fingerprint density at radius 2 is 1.48 bits per heavy atom. The number of aryl methyl sites for hydroxylation is 1. The number of halogens is 1. The van der Waals surface area contributed by atoms with Crippen LogP contribution < -0.4 is 4.90 Å². The van der Waals surface area contributed by atoms with Gasteiger partial charge in [-0.3, -0.25) is 4.98 Å². The molecule has 0 N–H and O–H groups in total. The molecule has 1 aromatic heterocycles. The van der Waals surface area contributed by atoms with Gasteiger partial charge < -0.3 is 9.47 Å². The number of anilines is 1. The third kappa shape index (κ3) is 6.17. The second-order valence-electron chi connectivity index (χ2n) is 7.07. The van der Waals surface area contributed by atoms with Crippen LogP contribution in [0.2, 0.25) is 0 Å². The molecule has 0 bridgehead atoms. The summed E-state index contributed by atoms with van der Waals surface area (Å²) in [6.45, 7) is 12.1. The van der Waals surface area contributed by atoms with Crippen molar-refractivity contribution in [2.45, 2.75) is 59.7 Å². The average molecular weight is 387 g/mol. The van der Waals surface area contributed by atoms with Gasteiger partial charge >= 0.3 is 12.2 Å². The highest BCUT2D eigenvalue weighted by molar-refractivity contribution is 9.10. The highest BCUT2D eigenvalue weighted by Crippen LogP contribution is 2.29. The molecule has 128 valence electrons. The summed E-state index contributed by atoms with van der Waals surface area (Å²) in [5.41, 5.74) is -0.515. The first kappa shape index (κ1) is 19.4. The fraction of sp³-hybridized carbons (Fsp3) is 0.562. The van der Waals surface area contributed by atoms with Gasteiger partial charge in [0.25, 0.3) is 0 Å². The maximum absolute atomic E-state index is 12.5. The van der Waals surface area contributed by atoms with Crippen molar-refractivity contribution in [3.63, 3.8) is 0 Å². The van der Waals surface area contributed by atoms with Crippen LogP contribution in [0.25, 0.3) is 0 Å². The lowest BCUT2D eigenvalue weighted by atomic mass is 10.2. The van der Waals surface area contributed by atoms with E-state index in [0.29, 0.717) is 15.9 Å². The van der Waals surface area contributed by atoms with Crippen LogP contribution in [-0.4, -0.2) is 28.4 Å². The molecule has 0 aliphatic heterocycles. The average Bonchev–Trinajstić information content (AvgIpc) is 2.29. The van der Waals surface area contributed by atoms with Gasteiger partial charge in [0.1, 0.15) is 11.2 Å². The summed E-state index contributed by atoms with van der Waals surface area (Å²) in [6, 6.07) is 1.61. The number of imide groups is 1. The Bertz CT molecular complexity index is 575. The summed E-state index contributed by atoms with van der Waals surface area (Å²) in [4.78, 5) is 30.0. The zero-order valence-electron chi connectivity index (χ0n) is 14.6. The Morgan fingerprint density at radius 3 is 1.87 bits per heavy atom. The monoisotopic (exact) mass is 386 g/mol. The van der Waals surface area contributed by atoms with Crippen LogP contribution in [0, 0.1) is 6.92 Å². The van der Waals surface area contributed by atoms with Crippen molar-refractivity contribution in [1.29, 1.82) is 0 Å². The summed E-state index contributed by atoms with van der Waals surface area (Å²) >= 11 is 3.31. The Labute approximate surface area is 145 Å². The van der Waals surface area contributed by atoms with E-state index in [1.54, 1.807) is 54.5 Å². The topological polar surface area (TPSA) is 68.7 Å². The molecule has 0 aliphatic carbocycles. The van der Waals surface area contributed by atoms with Crippen molar-refractivity contribution in [1.82, 2.24) is 4.98 Å². The van der Waals surface area contributed by atoms with E-state index in [2.05, 4.69) is 20.9 Å². The normalized spacial score (nSPS) is 11.8. The van der Waals surface area contributed by atoms with Crippen molar-refractivity contribution >= 4 is 33.8 Å². The smallest absolute Gasteiger partial charge is 0.424 e. The van der Waals surface area contributed by atoms with Gasteiger partial charge in [-0.15, -0.1) is 0 Å². The zero-order valence-corrected chi connectivity index (χ0v) is 16.1. The van der Waals surface area contributed by atoms with Gasteiger partial charge in [0.2, 0.25) is 0 Å². The molecular weight excluding hydrogens is 364 g/mol. The molecule has 6 nitrogen and oxygen atoms in total. The minimum absolute atomic E-state index is 0.320. The van der Waals surface area contributed by atoms with Gasteiger partial charge in [-0.1, -0.05) is 0 Å². The highest BCUT2D eigenvalue weighted by atomic mass is 79.9. The summed E-state index contributed by atoms with van der Waals surface area (Å²) < 4.78 is 11.1. The molecule has 0 aliphatic rings. The summed E-state index contributed by atoms with van der Waals surface area (Å²) in [6.07, 6.45) is -0.0945. The van der Waals surface area contributed by atoms with E-state index in [1.807, 2.05) is 0 Å². The largest absolute Gasteiger partial charge is 0.443 e. The van der Waals surface area contributed by atoms with Crippen LogP contribution in [0.15, 0.2) is 16.7 Å². The van der Waals surface area contributed by atoms with Crippen LogP contribution in [0.4, 0.5) is 15.3 Å². The molecule has 0 saturated heterocycles. The van der Waals surface area contributed by atoms with E-state index >= 15 is 0 Å². The Balaban J connectivity index is 3.28. The summed E-state index contributed by atoms with van der Waals surface area (Å²) in [5, 5.41) is 0. The number of ether oxygens (including phenoxy) is 2. The van der Waals surface area contributed by atoms with E-state index in [0.717, 1.165) is 4.90 Å². The molecule has 0 atom stereocenters. The first-order valence-corrected chi connectivity index (χ1v) is 7.98. The number of pyridine rings is 1. The molecule has 1 rings (SSSR count). The minimum Gasteiger partial charge on any atom is -0.443 e. The third-order valence-electron chi connectivity index (χ3n) is 2.36. The second-order valence-corrected chi connectivity index (χ2v) is 7.93. The van der Waals surface area contributed by atoms with Crippen molar-refractivity contribution in [3.8, 4) is 0 Å². The van der Waals surface area contributed by atoms with Crippen LogP contribution in [-0.2, 0) is 9.47 Å². The fourth-order valence-electron chi connectivity index (χ4n) is 1.59. The number of rotatable bonds is 1. The molecule has 2 amide bonds. The molecule has 0 fully saturated rings. The van der Waals surface area contributed by atoms with Gasteiger partial charge in [-0.2, -0.15) is 4.90 Å². The van der Waals surface area contributed by atoms with E-state index in [9.17, 15) is 9.59 Å². The van der Waals surface area contributed by atoms with Crippen LogP contribution in [0.5, 0.6) is 0 Å². The number of hydrogen-bond donors (Lipinski definition) is 0. The number of aromatic nitrogens is 1. The van der Waals surface area contributed by atoms with Gasteiger partial charge in [-0.05, 0) is 70.5 Å². The Kier molecular flexibility index (Phi) is 5.79. The van der Waals surface area contributed by atoms with Crippen molar-refractivity contribution in [2.24, 2.45) is 0 Å². The minimum atomic E-state index is -0.807. The van der Waals surface area contributed by atoms with E-state index in [-0.39, 0.29) is 0 Å². The molecule has 0 radical (unpaired) electrons. The fourth-order valence-corrected chi connectivity index (χ4v) is 1.98. The van der Waals surface area contributed by atoms with E-state index in [1.165, 1.54) is 6.20 Å². The SMILES string of the molecule is Cc1cc(N(C(=O)OC(C)(C)C)C(=O)OC(C)(C)C)c(Br)cn1. The third-order valence-corrected chi connectivity index (χ3v) is 2.98. The number of nitrogens with zero attached hydrogens (tertiary/aromatic N) is 2. The molecule has 1 heterocycles. The number of amides is 2. The van der Waals surface area contributed by atoms with E-state index in [4.69, 9.17) is 9.47 Å². The van der Waals surface area contributed by atoms with Gasteiger partial charge in [0.05, 0.1) is 10.2 Å². The summed E-state index contributed by atoms with van der Waals surface area (Å²) in [5.74, 6) is 0. The highest BCUT2D eigenvalue weighted by Gasteiger charge is 2.33. The molecule has 23 heavy (non-hydrogen) atoms. The van der Waals surface area contributed by atoms with Gasteiger partial charge in [0, 0.05) is 11.9 Å². The van der Waals surface area contributed by atoms with Crippen molar-refractivity contribution in [3.05, 3.63) is 22.4 Å². The number of carbonyl (C=O) groups excluding carboxylic acids is 2. The molecular formula is C16H23BrN2O4. The molecule has 1 aromatic rings. The van der Waals surface area contributed by atoms with Gasteiger partial charge in [-0.25, -0.2) is 9.59 Å². The van der Waals surface area contributed by atoms with E-state index < -0.39 is 23.4 Å². The molecule has 0 aromatic carbocycles. The standard InChI is InChI=1S/C16H23BrN2O4/c1-10-8-12(11(17)9-18-10)19(13(20)22-15(2,3)4)14(21)23-16(5,6)7/h8-9H,1-7H3. The number of carbonyl (C=O) groups is 2. The molecule has 0 spiro atoms. The maximum Gasteiger partial charge on any atom is 0.424 e. The lowest BCUT2D eigenvalue weighted by Crippen LogP contribution is -2.44. The lowest BCUT2D eigenvalue weighted by Gasteiger charge is -2.29. The first-order chi connectivity index (χ1) is 10.3. The predicted octanol–water partition coefficient (Wildman–Crippen LogP) is 4.83. The Hall–Kier alpha value is -1.63. The predicted molar refractivity (Wildman–Crippen MR) is 91.6 cm³/mol. The van der Waals surface area contributed by atoms with Crippen molar-refractivity contribution in [2.75, 3.05) is 4.90 Å². The van der Waals surface area contributed by atoms with Crippen LogP contribution in [0.3, 0.4) is 0 Å². The summed E-state index contributed by atoms with van der Waals surface area (Å²) in [7, 11) is 0. The quantitative estimate of drug-likeness (QED) is 0.691. The Morgan fingerprint density at radius 1 is 1.04 bits per heavy atom. The van der Waals surface area contributed by atoms with Crippen LogP contribution >= 0.6 is 15.9 Å². The lowest BCUT2D eigenvalue weighted by molar-refractivity contribution is 0.0430.